The summed E-state index contributed by atoms with van der Waals surface area (Å²) in [7, 11) is 0. The number of pyridine rings is 2. The lowest BCUT2D eigenvalue weighted by Gasteiger charge is -2.13. The van der Waals surface area contributed by atoms with Gasteiger partial charge in [0.15, 0.2) is 0 Å². The van der Waals surface area contributed by atoms with Crippen LogP contribution in [0.15, 0.2) is 67.0 Å². The van der Waals surface area contributed by atoms with Crippen molar-refractivity contribution in [2.24, 2.45) is 0 Å². The van der Waals surface area contributed by atoms with E-state index in [4.69, 9.17) is 5.11 Å². The molecule has 0 aliphatic heterocycles. The number of rotatable bonds is 5. The lowest BCUT2D eigenvalue weighted by Crippen LogP contribution is -2.04. The molecule has 8 heteroatoms. The van der Waals surface area contributed by atoms with E-state index < -0.39 is 17.8 Å². The number of aromatic nitrogens is 2. The Hall–Kier alpha value is -3.49. The van der Waals surface area contributed by atoms with Gasteiger partial charge in [-0.25, -0.2) is 4.98 Å². The molecule has 0 saturated heterocycles. The minimum atomic E-state index is -4.38. The normalized spacial score (nSPS) is 12.7. The third-order valence-electron chi connectivity index (χ3n) is 5.17. The highest BCUT2D eigenvalue weighted by molar-refractivity contribution is 5.95. The molecule has 1 unspecified atom stereocenters. The van der Waals surface area contributed by atoms with Gasteiger partial charge in [0.05, 0.1) is 17.9 Å². The average molecular weight is 439 g/mol. The first kappa shape index (κ1) is 21.7. The number of benzene rings is 2. The summed E-state index contributed by atoms with van der Waals surface area (Å²) in [6, 6.07) is 14.1. The highest BCUT2D eigenvalue weighted by Gasteiger charge is 2.29. The zero-order valence-corrected chi connectivity index (χ0v) is 17.1. The van der Waals surface area contributed by atoms with Crippen LogP contribution in [0.1, 0.15) is 22.8 Å². The van der Waals surface area contributed by atoms with Gasteiger partial charge in [-0.05, 0) is 66.4 Å². The molecular weight excluding hydrogens is 419 g/mol. The Kier molecular flexibility index (Phi) is 5.82. The maximum Gasteiger partial charge on any atom is 0.416 e. The Bertz CT molecular complexity index is 1260. The number of fused-ring (bicyclic) bond motifs is 1. The molecule has 0 amide bonds. The van der Waals surface area contributed by atoms with E-state index >= 15 is 0 Å². The van der Waals surface area contributed by atoms with Gasteiger partial charge in [-0.2, -0.15) is 13.2 Å². The zero-order chi connectivity index (χ0) is 22.9. The monoisotopic (exact) mass is 439 g/mol. The van der Waals surface area contributed by atoms with Crippen LogP contribution in [0.4, 0.5) is 24.7 Å². The van der Waals surface area contributed by atoms with Gasteiger partial charge in [-0.3, -0.25) is 4.98 Å². The van der Waals surface area contributed by atoms with E-state index in [1.165, 1.54) is 18.3 Å². The van der Waals surface area contributed by atoms with E-state index in [-0.39, 0.29) is 6.61 Å². The molecule has 2 aromatic carbocycles. The number of aliphatic hydroxyl groups excluding tert-OH is 2. The van der Waals surface area contributed by atoms with Crippen LogP contribution in [0, 0.1) is 6.92 Å². The molecule has 32 heavy (non-hydrogen) atoms. The summed E-state index contributed by atoms with van der Waals surface area (Å²) in [5, 5.41) is 23.7. The Morgan fingerprint density at radius 2 is 1.75 bits per heavy atom. The predicted molar refractivity (Wildman–Crippen MR) is 116 cm³/mol. The van der Waals surface area contributed by atoms with E-state index in [9.17, 15) is 18.3 Å². The largest absolute Gasteiger partial charge is 0.416 e. The third-order valence-corrected chi connectivity index (χ3v) is 5.17. The molecule has 0 saturated carbocycles. The first-order chi connectivity index (χ1) is 15.3. The fourth-order valence-electron chi connectivity index (χ4n) is 3.49. The van der Waals surface area contributed by atoms with Crippen LogP contribution in [-0.2, 0) is 6.18 Å². The van der Waals surface area contributed by atoms with Gasteiger partial charge in [-0.15, -0.1) is 0 Å². The van der Waals surface area contributed by atoms with E-state index in [1.54, 1.807) is 12.3 Å². The van der Waals surface area contributed by atoms with Crippen LogP contribution in [0.2, 0.25) is 0 Å². The quantitative estimate of drug-likeness (QED) is 0.388. The number of hydrogen-bond donors (Lipinski definition) is 3. The van der Waals surface area contributed by atoms with Crippen molar-refractivity contribution < 1.29 is 23.4 Å². The second kappa shape index (κ2) is 8.57. The van der Waals surface area contributed by atoms with Gasteiger partial charge in [-0.1, -0.05) is 6.07 Å². The highest BCUT2D eigenvalue weighted by atomic mass is 19.4. The molecule has 0 fully saturated rings. The van der Waals surface area contributed by atoms with Crippen LogP contribution >= 0.6 is 0 Å². The van der Waals surface area contributed by atoms with Gasteiger partial charge >= 0.3 is 6.18 Å². The number of nitrogens with one attached hydrogen (secondary N) is 1. The topological polar surface area (TPSA) is 78.3 Å². The van der Waals surface area contributed by atoms with Gasteiger partial charge in [0.2, 0.25) is 0 Å². The molecule has 0 aliphatic rings. The Balaban J connectivity index is 1.64. The van der Waals surface area contributed by atoms with Crippen molar-refractivity contribution in [2.45, 2.75) is 19.2 Å². The molecule has 164 valence electrons. The number of aryl methyl sites for hydroxylation is 1. The summed E-state index contributed by atoms with van der Waals surface area (Å²) in [6.45, 7) is 1.50. The van der Waals surface area contributed by atoms with E-state index in [0.29, 0.717) is 17.1 Å². The predicted octanol–water partition coefficient (Wildman–Crippen LogP) is 5.39. The zero-order valence-electron chi connectivity index (χ0n) is 17.1. The number of anilines is 2. The van der Waals surface area contributed by atoms with Gasteiger partial charge in [0.25, 0.3) is 0 Å². The van der Waals surface area contributed by atoms with E-state index in [2.05, 4.69) is 15.3 Å². The summed E-state index contributed by atoms with van der Waals surface area (Å²) in [5.41, 5.74) is 2.80. The molecular formula is C24H20F3N3O2. The van der Waals surface area contributed by atoms with Crippen LogP contribution in [0.25, 0.3) is 22.0 Å². The van der Waals surface area contributed by atoms with E-state index in [1.807, 2.05) is 31.2 Å². The van der Waals surface area contributed by atoms with E-state index in [0.717, 1.165) is 39.7 Å². The summed E-state index contributed by atoms with van der Waals surface area (Å²) >= 11 is 0. The Morgan fingerprint density at radius 1 is 1.00 bits per heavy atom. The van der Waals surface area contributed by atoms with Crippen LogP contribution in [-0.4, -0.2) is 26.8 Å². The Morgan fingerprint density at radius 3 is 2.41 bits per heavy atom. The van der Waals surface area contributed by atoms with Crippen molar-refractivity contribution in [3.63, 3.8) is 0 Å². The fraction of sp³-hybridized carbons (Fsp3) is 0.167. The maximum atomic E-state index is 12.8. The van der Waals surface area contributed by atoms with Crippen molar-refractivity contribution in [1.29, 1.82) is 0 Å². The van der Waals surface area contributed by atoms with Crippen LogP contribution in [0.5, 0.6) is 0 Å². The van der Waals surface area contributed by atoms with Gasteiger partial charge < -0.3 is 15.5 Å². The number of hydrogen-bond acceptors (Lipinski definition) is 5. The average Bonchev–Trinajstić information content (AvgIpc) is 2.78. The van der Waals surface area contributed by atoms with Crippen molar-refractivity contribution in [3.8, 4) is 11.3 Å². The van der Waals surface area contributed by atoms with Crippen molar-refractivity contribution in [1.82, 2.24) is 9.97 Å². The molecule has 4 aromatic rings. The fourth-order valence-corrected chi connectivity index (χ4v) is 3.49. The lowest BCUT2D eigenvalue weighted by molar-refractivity contribution is -0.137. The minimum absolute atomic E-state index is 0.377. The number of halogens is 3. The molecule has 1 atom stereocenters. The van der Waals surface area contributed by atoms with Crippen molar-refractivity contribution in [2.75, 3.05) is 11.9 Å². The maximum absolute atomic E-state index is 12.8. The Labute approximate surface area is 182 Å². The minimum Gasteiger partial charge on any atom is -0.393 e. The third kappa shape index (κ3) is 4.42. The summed E-state index contributed by atoms with van der Waals surface area (Å²) in [5.74, 6) is 0.528. The molecule has 0 aliphatic carbocycles. The summed E-state index contributed by atoms with van der Waals surface area (Å²) in [6.07, 6.45) is -2.19. The molecule has 2 heterocycles. The standard InChI is InChI=1S/C24H20F3N3O2/c1-14-10-17(21(32)13-31)12-29-22(14)16-2-7-20-15(11-16)8-9-28-23(20)30-19-5-3-18(4-6-19)24(25,26)27/h2-12,21,31-32H,13H2,1H3,(H,28,30). The first-order valence-corrected chi connectivity index (χ1v) is 9.85. The molecule has 0 spiro atoms. The second-order valence-electron chi connectivity index (χ2n) is 7.43. The molecule has 0 radical (unpaired) electrons. The second-order valence-corrected chi connectivity index (χ2v) is 7.43. The smallest absolute Gasteiger partial charge is 0.393 e. The SMILES string of the molecule is Cc1cc(C(O)CO)cnc1-c1ccc2c(Nc3ccc(C(F)(F)F)cc3)nccc2c1. The van der Waals surface area contributed by atoms with Crippen molar-refractivity contribution >= 4 is 22.3 Å². The van der Waals surface area contributed by atoms with Crippen LogP contribution < -0.4 is 5.32 Å². The number of aliphatic hydroxyl groups is 2. The van der Waals surface area contributed by atoms with Gasteiger partial charge in [0.1, 0.15) is 11.9 Å². The molecule has 0 bridgehead atoms. The van der Waals surface area contributed by atoms with Crippen molar-refractivity contribution in [3.05, 3.63) is 83.7 Å². The summed E-state index contributed by atoms with van der Waals surface area (Å²) in [4.78, 5) is 8.78. The lowest BCUT2D eigenvalue weighted by atomic mass is 10.0. The first-order valence-electron chi connectivity index (χ1n) is 9.85. The number of alkyl halides is 3. The highest BCUT2D eigenvalue weighted by Crippen LogP contribution is 2.32. The molecule has 3 N–H and O–H groups in total. The summed E-state index contributed by atoms with van der Waals surface area (Å²) < 4.78 is 38.3. The molecule has 2 aromatic heterocycles. The molecule has 4 rings (SSSR count). The molecule has 5 nitrogen and oxygen atoms in total. The van der Waals surface area contributed by atoms with Crippen LogP contribution in [0.3, 0.4) is 0 Å². The number of nitrogens with zero attached hydrogens (tertiary/aromatic N) is 2. The van der Waals surface area contributed by atoms with Gasteiger partial charge in [0, 0.05) is 34.6 Å².